The Hall–Kier alpha value is -2.72. The van der Waals surface area contributed by atoms with E-state index in [0.717, 1.165) is 16.5 Å². The SMILES string of the molecule is CS(=O)(=O)O.N=C(N)NC(=O)c1[nH]c2cccc3c2c1CCCC3=O. The summed E-state index contributed by atoms with van der Waals surface area (Å²) in [6, 6.07) is 5.43. The third kappa shape index (κ3) is 4.64. The van der Waals surface area contributed by atoms with Crippen molar-refractivity contribution in [2.75, 3.05) is 6.26 Å². The summed E-state index contributed by atoms with van der Waals surface area (Å²) in [5, 5.41) is 10.2. The van der Waals surface area contributed by atoms with E-state index < -0.39 is 22.0 Å². The molecule has 0 saturated carbocycles. The van der Waals surface area contributed by atoms with Gasteiger partial charge in [0.2, 0.25) is 0 Å². The van der Waals surface area contributed by atoms with E-state index in [1.807, 2.05) is 6.07 Å². The lowest BCUT2D eigenvalue weighted by molar-refractivity contribution is 0.0969. The van der Waals surface area contributed by atoms with Gasteiger partial charge in [0, 0.05) is 22.9 Å². The van der Waals surface area contributed by atoms with E-state index >= 15 is 0 Å². The van der Waals surface area contributed by atoms with E-state index in [0.29, 0.717) is 36.8 Å². The highest BCUT2D eigenvalue weighted by Gasteiger charge is 2.24. The van der Waals surface area contributed by atoms with Crippen LogP contribution in [0.5, 0.6) is 0 Å². The molecule has 1 aliphatic rings. The number of nitrogens with one attached hydrogen (secondary N) is 3. The molecule has 0 saturated heterocycles. The maximum atomic E-state index is 12.1. The zero-order valence-corrected chi connectivity index (χ0v) is 14.2. The van der Waals surface area contributed by atoms with E-state index in [-0.39, 0.29) is 5.78 Å². The fourth-order valence-corrected chi connectivity index (χ4v) is 2.74. The Labute approximate surface area is 143 Å². The number of rotatable bonds is 1. The number of guanidine groups is 1. The van der Waals surface area contributed by atoms with Crippen molar-refractivity contribution in [3.63, 3.8) is 0 Å². The fourth-order valence-electron chi connectivity index (χ4n) is 2.74. The molecule has 0 aliphatic heterocycles. The Morgan fingerprint density at radius 1 is 1.36 bits per heavy atom. The zero-order chi connectivity index (χ0) is 18.8. The molecular formula is C15H18N4O5S. The Balaban J connectivity index is 0.000000399. The van der Waals surface area contributed by atoms with Crippen LogP contribution in [-0.4, -0.2) is 41.9 Å². The molecule has 134 valence electrons. The molecule has 1 amide bonds. The van der Waals surface area contributed by atoms with Gasteiger partial charge < -0.3 is 10.7 Å². The number of aromatic amines is 1. The second kappa shape index (κ2) is 7.03. The minimum absolute atomic E-state index is 0.104. The molecule has 9 nitrogen and oxygen atoms in total. The summed E-state index contributed by atoms with van der Waals surface area (Å²) in [5.41, 5.74) is 7.84. The minimum atomic E-state index is -3.67. The Bertz CT molecular complexity index is 954. The predicted molar refractivity (Wildman–Crippen MR) is 92.4 cm³/mol. The molecule has 0 radical (unpaired) electrons. The molecule has 0 fully saturated rings. The lowest BCUT2D eigenvalue weighted by Gasteiger charge is -2.03. The van der Waals surface area contributed by atoms with Gasteiger partial charge in [0.25, 0.3) is 16.0 Å². The molecule has 1 aromatic heterocycles. The van der Waals surface area contributed by atoms with Gasteiger partial charge in [0.05, 0.1) is 6.26 Å². The van der Waals surface area contributed by atoms with Crippen LogP contribution in [0.15, 0.2) is 18.2 Å². The summed E-state index contributed by atoms with van der Waals surface area (Å²) in [6.45, 7) is 0. The van der Waals surface area contributed by atoms with Gasteiger partial charge in [-0.3, -0.25) is 24.9 Å². The number of hydrogen-bond donors (Lipinski definition) is 5. The maximum absolute atomic E-state index is 12.1. The number of nitrogens with two attached hydrogens (primary N) is 1. The zero-order valence-electron chi connectivity index (χ0n) is 13.4. The van der Waals surface area contributed by atoms with Crippen molar-refractivity contribution in [1.82, 2.24) is 10.3 Å². The van der Waals surface area contributed by atoms with Gasteiger partial charge >= 0.3 is 0 Å². The first-order valence-corrected chi connectivity index (χ1v) is 9.17. The smallest absolute Gasteiger partial charge is 0.274 e. The lowest BCUT2D eigenvalue weighted by Crippen LogP contribution is -2.36. The van der Waals surface area contributed by atoms with Crippen LogP contribution in [-0.2, 0) is 16.5 Å². The van der Waals surface area contributed by atoms with Crippen LogP contribution in [0, 0.1) is 5.41 Å². The third-order valence-corrected chi connectivity index (χ3v) is 3.53. The molecule has 6 N–H and O–H groups in total. The van der Waals surface area contributed by atoms with Crippen LogP contribution in [0.4, 0.5) is 0 Å². The fraction of sp³-hybridized carbons (Fsp3) is 0.267. The van der Waals surface area contributed by atoms with Crippen molar-refractivity contribution in [3.8, 4) is 0 Å². The van der Waals surface area contributed by atoms with Gasteiger partial charge in [-0.1, -0.05) is 12.1 Å². The molecular weight excluding hydrogens is 348 g/mol. The normalized spacial score (nSPS) is 13.6. The van der Waals surface area contributed by atoms with Crippen LogP contribution >= 0.6 is 0 Å². The summed E-state index contributed by atoms with van der Waals surface area (Å²) < 4.78 is 25.9. The Morgan fingerprint density at radius 3 is 2.60 bits per heavy atom. The lowest BCUT2D eigenvalue weighted by atomic mass is 10.0. The van der Waals surface area contributed by atoms with Gasteiger partial charge in [0.15, 0.2) is 11.7 Å². The number of carbonyl (C=O) groups excluding carboxylic acids is 2. The van der Waals surface area contributed by atoms with E-state index in [1.54, 1.807) is 12.1 Å². The van der Waals surface area contributed by atoms with Gasteiger partial charge in [-0.2, -0.15) is 8.42 Å². The van der Waals surface area contributed by atoms with Crippen molar-refractivity contribution in [2.24, 2.45) is 5.73 Å². The van der Waals surface area contributed by atoms with Crippen molar-refractivity contribution < 1.29 is 22.6 Å². The number of aromatic nitrogens is 1. The van der Waals surface area contributed by atoms with Gasteiger partial charge in [-0.05, 0) is 24.5 Å². The first-order chi connectivity index (χ1) is 11.6. The van der Waals surface area contributed by atoms with Crippen LogP contribution < -0.4 is 11.1 Å². The molecule has 3 rings (SSSR count). The van der Waals surface area contributed by atoms with Crippen molar-refractivity contribution in [1.29, 1.82) is 5.41 Å². The number of H-pyrrole nitrogens is 1. The van der Waals surface area contributed by atoms with Crippen molar-refractivity contribution in [3.05, 3.63) is 35.0 Å². The van der Waals surface area contributed by atoms with E-state index in [9.17, 15) is 18.0 Å². The van der Waals surface area contributed by atoms with Crippen LogP contribution in [0.2, 0.25) is 0 Å². The summed E-state index contributed by atoms with van der Waals surface area (Å²) >= 11 is 0. The second-order valence-corrected chi connectivity index (χ2v) is 7.05. The minimum Gasteiger partial charge on any atom is -0.370 e. The van der Waals surface area contributed by atoms with Gasteiger partial charge in [-0.15, -0.1) is 0 Å². The second-order valence-electron chi connectivity index (χ2n) is 5.58. The first-order valence-electron chi connectivity index (χ1n) is 7.32. The molecule has 0 atom stereocenters. The van der Waals surface area contributed by atoms with Gasteiger partial charge in [-0.25, -0.2) is 0 Å². The summed E-state index contributed by atoms with van der Waals surface area (Å²) in [6.07, 6.45) is 2.57. The highest BCUT2D eigenvalue weighted by Crippen LogP contribution is 2.31. The average molecular weight is 366 g/mol. The molecule has 1 aromatic carbocycles. The molecule has 1 heterocycles. The van der Waals surface area contributed by atoms with E-state index in [2.05, 4.69) is 10.3 Å². The highest BCUT2D eigenvalue weighted by molar-refractivity contribution is 7.85. The quantitative estimate of drug-likeness (QED) is 0.284. The number of benzene rings is 1. The third-order valence-electron chi connectivity index (χ3n) is 3.53. The monoisotopic (exact) mass is 366 g/mol. The Morgan fingerprint density at radius 2 is 2.00 bits per heavy atom. The molecule has 0 unspecified atom stereocenters. The van der Waals surface area contributed by atoms with Gasteiger partial charge in [0.1, 0.15) is 5.69 Å². The number of aryl methyl sites for hydroxylation is 1. The van der Waals surface area contributed by atoms with Crippen LogP contribution in [0.25, 0.3) is 10.9 Å². The molecule has 10 heteroatoms. The van der Waals surface area contributed by atoms with E-state index in [4.69, 9.17) is 15.7 Å². The molecule has 0 bridgehead atoms. The predicted octanol–water partition coefficient (Wildman–Crippen LogP) is 0.814. The molecule has 25 heavy (non-hydrogen) atoms. The molecule has 1 aliphatic carbocycles. The summed E-state index contributed by atoms with van der Waals surface area (Å²) in [4.78, 5) is 27.2. The number of Topliss-reactive ketones (excluding diaryl/α,β-unsaturated/α-hetero) is 1. The number of amides is 1. The summed E-state index contributed by atoms with van der Waals surface area (Å²) in [7, 11) is -3.67. The van der Waals surface area contributed by atoms with Crippen molar-refractivity contribution in [2.45, 2.75) is 19.3 Å². The summed E-state index contributed by atoms with van der Waals surface area (Å²) in [5.74, 6) is -0.735. The standard InChI is InChI=1S/C14H14N4O2.CH4O3S/c15-14(16)18-13(20)12-8-4-2-6-10(19)7-3-1-5-9(17-12)11(7)8;1-5(2,3)4/h1,3,5,17H,2,4,6H2,(H4,15,16,18,20);1H3,(H,2,3,4). The highest BCUT2D eigenvalue weighted by atomic mass is 32.2. The molecule has 0 spiro atoms. The largest absolute Gasteiger partial charge is 0.370 e. The van der Waals surface area contributed by atoms with Crippen molar-refractivity contribution >= 4 is 38.7 Å². The molecule has 2 aromatic rings. The maximum Gasteiger partial charge on any atom is 0.274 e. The average Bonchev–Trinajstić information content (AvgIpc) is 2.74. The number of hydrogen-bond acceptors (Lipinski definition) is 5. The topological polar surface area (TPSA) is 166 Å². The van der Waals surface area contributed by atoms with E-state index in [1.165, 1.54) is 0 Å². The number of carbonyl (C=O) groups is 2. The first kappa shape index (κ1) is 18.6. The van der Waals surface area contributed by atoms with Crippen LogP contribution in [0.3, 0.4) is 0 Å². The number of ketones is 1. The Kier molecular flexibility index (Phi) is 5.24. The van der Waals surface area contributed by atoms with Crippen LogP contribution in [0.1, 0.15) is 39.3 Å².